The first-order valence-electron chi connectivity index (χ1n) is 10.7. The number of hydrogen-bond donors (Lipinski definition) is 1. The molecule has 3 aromatic carbocycles. The molecule has 6 heteroatoms. The molecule has 1 heterocycles. The van der Waals surface area contributed by atoms with Gasteiger partial charge in [0, 0.05) is 30.9 Å². The highest BCUT2D eigenvalue weighted by atomic mass is 16.5. The van der Waals surface area contributed by atoms with Crippen molar-refractivity contribution in [1.29, 1.82) is 0 Å². The number of urea groups is 1. The van der Waals surface area contributed by atoms with Gasteiger partial charge in [-0.2, -0.15) is 0 Å². The fourth-order valence-corrected chi connectivity index (χ4v) is 3.93. The molecule has 164 valence electrons. The fourth-order valence-electron chi connectivity index (χ4n) is 3.93. The molecule has 0 aliphatic carbocycles. The number of amides is 3. The van der Waals surface area contributed by atoms with Crippen LogP contribution in [0.5, 0.6) is 5.75 Å². The van der Waals surface area contributed by atoms with E-state index < -0.39 is 0 Å². The molecule has 3 aromatic rings. The van der Waals surface area contributed by atoms with E-state index >= 15 is 0 Å². The molecular formula is C26H27N3O3. The van der Waals surface area contributed by atoms with Gasteiger partial charge in [0.25, 0.3) is 5.91 Å². The largest absolute Gasteiger partial charge is 0.495 e. The van der Waals surface area contributed by atoms with Crippen molar-refractivity contribution in [1.82, 2.24) is 4.90 Å². The number of nitrogens with zero attached hydrogens (tertiary/aromatic N) is 2. The molecule has 32 heavy (non-hydrogen) atoms. The summed E-state index contributed by atoms with van der Waals surface area (Å²) in [4.78, 5) is 29.4. The third kappa shape index (κ3) is 4.75. The third-order valence-corrected chi connectivity index (χ3v) is 5.56. The molecule has 0 unspecified atom stereocenters. The molecule has 1 fully saturated rings. The van der Waals surface area contributed by atoms with Crippen LogP contribution in [0.1, 0.15) is 27.9 Å². The molecular weight excluding hydrogens is 402 g/mol. The normalized spacial score (nSPS) is 13.8. The van der Waals surface area contributed by atoms with Crippen molar-refractivity contribution in [3.8, 4) is 5.75 Å². The number of carbonyl (C=O) groups is 2. The van der Waals surface area contributed by atoms with Crippen molar-refractivity contribution in [2.45, 2.75) is 19.9 Å². The summed E-state index contributed by atoms with van der Waals surface area (Å²) in [7, 11) is 1.57. The molecule has 1 saturated heterocycles. The molecule has 1 aliphatic rings. The maximum Gasteiger partial charge on any atom is 0.324 e. The lowest BCUT2D eigenvalue weighted by molar-refractivity contribution is 0.102. The Kier molecular flexibility index (Phi) is 6.40. The van der Waals surface area contributed by atoms with E-state index in [0.717, 1.165) is 24.2 Å². The summed E-state index contributed by atoms with van der Waals surface area (Å²) in [5, 5.41) is 2.87. The second kappa shape index (κ2) is 9.56. The fraction of sp³-hybridized carbons (Fsp3) is 0.231. The molecule has 1 N–H and O–H groups in total. The lowest BCUT2D eigenvalue weighted by atomic mass is 10.1. The molecule has 1 aliphatic heterocycles. The van der Waals surface area contributed by atoms with Gasteiger partial charge < -0.3 is 15.0 Å². The standard InChI is InChI=1S/C26H27N3O3/c1-19-7-5-8-20(17-19)18-28-15-6-16-29(26(28)31)22-13-11-21(12-14-22)25(30)27-23-9-3-4-10-24(23)32-2/h3-5,7-14,17H,6,15-16,18H2,1-2H3,(H,27,30). The van der Waals surface area contributed by atoms with Crippen molar-refractivity contribution < 1.29 is 14.3 Å². The predicted molar refractivity (Wildman–Crippen MR) is 126 cm³/mol. The average Bonchev–Trinajstić information content (AvgIpc) is 2.81. The number of anilines is 2. The highest BCUT2D eigenvalue weighted by Crippen LogP contribution is 2.25. The van der Waals surface area contributed by atoms with Gasteiger partial charge in [0.1, 0.15) is 5.75 Å². The first-order valence-corrected chi connectivity index (χ1v) is 10.7. The Morgan fingerprint density at radius 3 is 2.53 bits per heavy atom. The zero-order valence-corrected chi connectivity index (χ0v) is 18.4. The summed E-state index contributed by atoms with van der Waals surface area (Å²) in [5.74, 6) is 0.372. The second-order valence-electron chi connectivity index (χ2n) is 7.90. The van der Waals surface area contributed by atoms with E-state index in [1.54, 1.807) is 36.3 Å². The topological polar surface area (TPSA) is 61.9 Å². The summed E-state index contributed by atoms with van der Waals surface area (Å²) in [5.41, 5.74) is 4.23. The molecule has 6 nitrogen and oxygen atoms in total. The lowest BCUT2D eigenvalue weighted by Gasteiger charge is -2.35. The minimum atomic E-state index is -0.230. The van der Waals surface area contributed by atoms with E-state index in [0.29, 0.717) is 30.1 Å². The maximum absolute atomic E-state index is 13.1. The van der Waals surface area contributed by atoms with Gasteiger partial charge in [0.2, 0.25) is 0 Å². The van der Waals surface area contributed by atoms with Crippen molar-refractivity contribution in [2.24, 2.45) is 0 Å². The average molecular weight is 430 g/mol. The van der Waals surface area contributed by atoms with E-state index in [4.69, 9.17) is 4.74 Å². The van der Waals surface area contributed by atoms with Gasteiger partial charge in [0.05, 0.1) is 12.8 Å². The first kappa shape index (κ1) is 21.4. The Hall–Kier alpha value is -3.80. The van der Waals surface area contributed by atoms with Gasteiger partial charge in [-0.25, -0.2) is 4.79 Å². The third-order valence-electron chi connectivity index (χ3n) is 5.56. The molecule has 0 spiro atoms. The number of carbonyl (C=O) groups excluding carboxylic acids is 2. The zero-order valence-electron chi connectivity index (χ0n) is 18.4. The highest BCUT2D eigenvalue weighted by Gasteiger charge is 2.27. The quantitative estimate of drug-likeness (QED) is 0.594. The van der Waals surface area contributed by atoms with Gasteiger partial charge in [-0.1, -0.05) is 42.0 Å². The monoisotopic (exact) mass is 429 g/mol. The maximum atomic E-state index is 13.1. The van der Waals surface area contributed by atoms with Crippen LogP contribution in [0.4, 0.5) is 16.2 Å². The molecule has 0 atom stereocenters. The van der Waals surface area contributed by atoms with Gasteiger partial charge >= 0.3 is 6.03 Å². The summed E-state index contributed by atoms with van der Waals surface area (Å²) in [6.45, 7) is 4.05. The second-order valence-corrected chi connectivity index (χ2v) is 7.90. The van der Waals surface area contributed by atoms with Crippen LogP contribution >= 0.6 is 0 Å². The van der Waals surface area contributed by atoms with Crippen LogP contribution < -0.4 is 15.0 Å². The molecule has 0 radical (unpaired) electrons. The summed E-state index contributed by atoms with van der Waals surface area (Å²) in [6.07, 6.45) is 0.896. The number of rotatable bonds is 6. The molecule has 4 rings (SSSR count). The van der Waals surface area contributed by atoms with E-state index in [1.165, 1.54) is 5.56 Å². The summed E-state index contributed by atoms with van der Waals surface area (Å²) < 4.78 is 5.29. The predicted octanol–water partition coefficient (Wildman–Crippen LogP) is 5.09. The first-order chi connectivity index (χ1) is 15.5. The molecule has 0 saturated carbocycles. The number of ether oxygens (including phenoxy) is 1. The zero-order chi connectivity index (χ0) is 22.5. The van der Waals surface area contributed by atoms with E-state index in [9.17, 15) is 9.59 Å². The molecule has 3 amide bonds. The number of benzene rings is 3. The summed E-state index contributed by atoms with van der Waals surface area (Å²) in [6, 6.07) is 22.6. The van der Waals surface area contributed by atoms with E-state index in [-0.39, 0.29) is 11.9 Å². The number of methoxy groups -OCH3 is 1. The molecule has 0 aromatic heterocycles. The van der Waals surface area contributed by atoms with Crippen LogP contribution in [0.3, 0.4) is 0 Å². The van der Waals surface area contributed by atoms with E-state index in [1.807, 2.05) is 41.3 Å². The Balaban J connectivity index is 1.44. The van der Waals surface area contributed by atoms with Gasteiger partial charge in [-0.15, -0.1) is 0 Å². The Morgan fingerprint density at radius 1 is 1.00 bits per heavy atom. The SMILES string of the molecule is COc1ccccc1NC(=O)c1ccc(N2CCCN(Cc3cccc(C)c3)C2=O)cc1. The number of nitrogens with one attached hydrogen (secondary N) is 1. The van der Waals surface area contributed by atoms with Crippen LogP contribution in [-0.2, 0) is 6.54 Å². The smallest absolute Gasteiger partial charge is 0.324 e. The van der Waals surface area contributed by atoms with Crippen LogP contribution in [0.25, 0.3) is 0 Å². The van der Waals surface area contributed by atoms with Crippen LogP contribution in [0.2, 0.25) is 0 Å². The van der Waals surface area contributed by atoms with Crippen molar-refractivity contribution in [2.75, 3.05) is 30.4 Å². The van der Waals surface area contributed by atoms with Gasteiger partial charge in [-0.3, -0.25) is 9.69 Å². The summed E-state index contributed by atoms with van der Waals surface area (Å²) >= 11 is 0. The number of hydrogen-bond acceptors (Lipinski definition) is 3. The minimum absolute atomic E-state index is 0.0102. The Morgan fingerprint density at radius 2 is 1.78 bits per heavy atom. The van der Waals surface area contributed by atoms with Crippen LogP contribution in [-0.4, -0.2) is 37.0 Å². The lowest BCUT2D eigenvalue weighted by Crippen LogP contribution is -2.49. The Labute approximate surface area is 188 Å². The van der Waals surface area contributed by atoms with Gasteiger partial charge in [0.15, 0.2) is 0 Å². The Bertz CT molecular complexity index is 1110. The molecule has 0 bridgehead atoms. The minimum Gasteiger partial charge on any atom is -0.495 e. The van der Waals surface area contributed by atoms with E-state index in [2.05, 4.69) is 24.4 Å². The highest BCUT2D eigenvalue weighted by molar-refractivity contribution is 6.05. The van der Waals surface area contributed by atoms with Crippen molar-refractivity contribution >= 4 is 23.3 Å². The van der Waals surface area contributed by atoms with Crippen molar-refractivity contribution in [3.63, 3.8) is 0 Å². The van der Waals surface area contributed by atoms with Crippen molar-refractivity contribution in [3.05, 3.63) is 89.5 Å². The number of aryl methyl sites for hydroxylation is 1. The van der Waals surface area contributed by atoms with Crippen LogP contribution in [0.15, 0.2) is 72.8 Å². The van der Waals surface area contributed by atoms with Gasteiger partial charge in [-0.05, 0) is 55.3 Å². The number of para-hydroxylation sites is 2. The van der Waals surface area contributed by atoms with Crippen LogP contribution in [0, 0.1) is 6.92 Å².